The monoisotopic (exact) mass is 586 g/mol. The fourth-order valence-corrected chi connectivity index (χ4v) is 5.13. The van der Waals surface area contributed by atoms with Crippen molar-refractivity contribution in [2.24, 2.45) is 5.92 Å². The molecule has 1 aromatic heterocycles. The van der Waals surface area contributed by atoms with Gasteiger partial charge in [-0.15, -0.1) is 11.8 Å². The summed E-state index contributed by atoms with van der Waals surface area (Å²) in [4.78, 5) is 24.5. The van der Waals surface area contributed by atoms with Gasteiger partial charge in [-0.3, -0.25) is 0 Å². The van der Waals surface area contributed by atoms with Crippen LogP contribution in [0.2, 0.25) is 0 Å². The minimum atomic E-state index is -4.69. The number of hydrogen-bond donors (Lipinski definition) is 0. The van der Waals surface area contributed by atoms with Crippen molar-refractivity contribution in [3.05, 3.63) is 76.7 Å². The molecule has 1 unspecified atom stereocenters. The van der Waals surface area contributed by atoms with Crippen molar-refractivity contribution in [3.63, 3.8) is 0 Å². The molecule has 0 saturated carbocycles. The minimum Gasteiger partial charge on any atom is -0.462 e. The molecule has 0 fully saturated rings. The molecule has 0 N–H and O–H groups in total. The zero-order chi connectivity index (χ0) is 29.5. The third kappa shape index (κ3) is 8.90. The molecule has 2 aromatic carbocycles. The first-order chi connectivity index (χ1) is 18.8. The predicted molar refractivity (Wildman–Crippen MR) is 142 cm³/mol. The van der Waals surface area contributed by atoms with Crippen LogP contribution in [0.15, 0.2) is 69.2 Å². The van der Waals surface area contributed by atoms with Gasteiger partial charge in [-0.25, -0.2) is 9.59 Å². The highest BCUT2D eigenvalue weighted by Gasteiger charge is 2.35. The Hall–Kier alpha value is -3.21. The lowest BCUT2D eigenvalue weighted by molar-refractivity contribution is -0.153. The quantitative estimate of drug-likeness (QED) is 0.0531. The summed E-state index contributed by atoms with van der Waals surface area (Å²) < 4.78 is 90.9. The largest absolute Gasteiger partial charge is 0.462 e. The van der Waals surface area contributed by atoms with Crippen LogP contribution in [0.4, 0.5) is 26.3 Å². The average Bonchev–Trinajstić information content (AvgIpc) is 2.88. The van der Waals surface area contributed by atoms with Crippen LogP contribution in [0.3, 0.4) is 0 Å². The molecule has 0 amide bonds. The van der Waals surface area contributed by atoms with E-state index in [1.807, 2.05) is 6.92 Å². The maximum Gasteiger partial charge on any atom is 0.417 e. The molecule has 0 radical (unpaired) electrons. The highest BCUT2D eigenvalue weighted by Crippen LogP contribution is 2.38. The fourth-order valence-electron chi connectivity index (χ4n) is 4.13. The van der Waals surface area contributed by atoms with Gasteiger partial charge in [-0.1, -0.05) is 44.5 Å². The molecule has 0 bridgehead atoms. The summed E-state index contributed by atoms with van der Waals surface area (Å²) in [5.74, 6) is -1.93. The minimum absolute atomic E-state index is 0.0582. The third-order valence-corrected chi connectivity index (χ3v) is 7.32. The highest BCUT2D eigenvalue weighted by molar-refractivity contribution is 7.99. The average molecular weight is 587 g/mol. The topological polar surface area (TPSA) is 56.5 Å². The second kappa shape index (κ2) is 13.4. The second-order valence-corrected chi connectivity index (χ2v) is 10.4. The van der Waals surface area contributed by atoms with Crippen molar-refractivity contribution in [1.29, 1.82) is 0 Å². The molecule has 3 rings (SSSR count). The molecular formula is C29H28F6O4S. The summed E-state index contributed by atoms with van der Waals surface area (Å²) in [6.45, 7) is 4.75. The number of hydrogen-bond acceptors (Lipinski definition) is 5. The van der Waals surface area contributed by atoms with E-state index in [9.17, 15) is 35.9 Å². The highest BCUT2D eigenvalue weighted by atomic mass is 32.2. The molecule has 1 atom stereocenters. The van der Waals surface area contributed by atoms with Crippen LogP contribution in [0.5, 0.6) is 0 Å². The first-order valence-corrected chi connectivity index (χ1v) is 13.6. The Morgan fingerprint density at radius 3 is 2.45 bits per heavy atom. The number of thioether (sulfide) groups is 1. The molecule has 4 nitrogen and oxygen atoms in total. The SMILES string of the molecule is C=CC(=O)OCC(CSc1ccc2cc(-c3ccc(CCCCC)cc3C(F)(F)F)c(=O)oc2c1)CC(F)(F)F. The fraction of sp³-hybridized carbons (Fsp3) is 0.379. The maximum atomic E-state index is 13.9. The Bertz CT molecular complexity index is 1390. The van der Waals surface area contributed by atoms with E-state index >= 15 is 0 Å². The van der Waals surface area contributed by atoms with Gasteiger partial charge in [-0.05, 0) is 42.7 Å². The number of aryl methyl sites for hydroxylation is 1. The summed E-state index contributed by atoms with van der Waals surface area (Å²) >= 11 is 1.04. The van der Waals surface area contributed by atoms with Gasteiger partial charge in [0.1, 0.15) is 5.58 Å². The molecule has 216 valence electrons. The lowest BCUT2D eigenvalue weighted by Crippen LogP contribution is -2.22. The van der Waals surface area contributed by atoms with Crippen LogP contribution in [0.1, 0.15) is 43.7 Å². The van der Waals surface area contributed by atoms with Crippen LogP contribution in [-0.4, -0.2) is 24.5 Å². The van der Waals surface area contributed by atoms with Crippen LogP contribution in [-0.2, 0) is 22.1 Å². The van der Waals surface area contributed by atoms with Gasteiger partial charge in [0.25, 0.3) is 0 Å². The summed E-state index contributed by atoms with van der Waals surface area (Å²) in [7, 11) is 0. The number of fused-ring (bicyclic) bond motifs is 1. The summed E-state index contributed by atoms with van der Waals surface area (Å²) in [6.07, 6.45) is -6.41. The van der Waals surface area contributed by atoms with Crippen LogP contribution >= 0.6 is 11.8 Å². The molecule has 0 aliphatic carbocycles. The first-order valence-electron chi connectivity index (χ1n) is 12.6. The smallest absolute Gasteiger partial charge is 0.417 e. The molecule has 1 heterocycles. The standard InChI is InChI=1S/C29H28F6O4S/c1-3-5-6-7-18-8-11-22(24(12-18)29(33,34)35)23-13-20-9-10-21(14-25(20)39-27(23)37)40-17-19(15-28(30,31)32)16-38-26(36)4-2/h4,8-14,19H,2-3,5-7,15-17H2,1H3. The molecule has 0 saturated heterocycles. The van der Waals surface area contributed by atoms with Gasteiger partial charge < -0.3 is 9.15 Å². The molecule has 0 aliphatic heterocycles. The van der Waals surface area contributed by atoms with Gasteiger partial charge >= 0.3 is 23.9 Å². The van der Waals surface area contributed by atoms with E-state index in [-0.39, 0.29) is 22.5 Å². The van der Waals surface area contributed by atoms with E-state index in [0.29, 0.717) is 22.3 Å². The summed E-state index contributed by atoms with van der Waals surface area (Å²) in [5, 5.41) is 0.353. The number of benzene rings is 2. The van der Waals surface area contributed by atoms with Gasteiger partial charge in [0.15, 0.2) is 0 Å². The van der Waals surface area contributed by atoms with Crippen molar-refractivity contribution < 1.29 is 40.3 Å². The Balaban J connectivity index is 1.87. The van der Waals surface area contributed by atoms with Crippen LogP contribution in [0.25, 0.3) is 22.1 Å². The Kier molecular flexibility index (Phi) is 10.5. The molecular weight excluding hydrogens is 558 g/mol. The van der Waals surface area contributed by atoms with Gasteiger partial charge in [0.2, 0.25) is 0 Å². The maximum absolute atomic E-state index is 13.9. The van der Waals surface area contributed by atoms with E-state index in [4.69, 9.17) is 9.15 Å². The molecule has 3 aromatic rings. The zero-order valence-electron chi connectivity index (χ0n) is 21.7. The zero-order valence-corrected chi connectivity index (χ0v) is 22.5. The number of alkyl halides is 6. The lowest BCUT2D eigenvalue weighted by Gasteiger charge is -2.18. The Morgan fingerprint density at radius 1 is 1.05 bits per heavy atom. The molecule has 0 aliphatic rings. The van der Waals surface area contributed by atoms with Gasteiger partial charge in [0, 0.05) is 33.6 Å². The van der Waals surface area contributed by atoms with Crippen molar-refractivity contribution in [1.82, 2.24) is 0 Å². The summed E-state index contributed by atoms with van der Waals surface area (Å²) in [6, 6.07) is 9.77. The van der Waals surface area contributed by atoms with E-state index in [0.717, 1.165) is 43.2 Å². The number of carbonyl (C=O) groups excluding carboxylic acids is 1. The van der Waals surface area contributed by atoms with Crippen LogP contribution < -0.4 is 5.63 Å². The number of rotatable bonds is 12. The van der Waals surface area contributed by atoms with Crippen LogP contribution in [0, 0.1) is 5.92 Å². The van der Waals surface area contributed by atoms with Gasteiger partial charge in [0.05, 0.1) is 24.2 Å². The summed E-state index contributed by atoms with van der Waals surface area (Å²) in [5.41, 5.74) is -1.81. The van der Waals surface area contributed by atoms with Crippen molar-refractivity contribution in [3.8, 4) is 11.1 Å². The first kappa shape index (κ1) is 31.3. The number of carbonyl (C=O) groups is 1. The molecule has 40 heavy (non-hydrogen) atoms. The third-order valence-electron chi connectivity index (χ3n) is 6.09. The van der Waals surface area contributed by atoms with E-state index in [1.54, 1.807) is 12.1 Å². The Labute approximate surface area is 231 Å². The number of esters is 1. The van der Waals surface area contributed by atoms with E-state index in [1.165, 1.54) is 24.3 Å². The molecule has 0 spiro atoms. The number of unbranched alkanes of at least 4 members (excludes halogenated alkanes) is 2. The van der Waals surface area contributed by atoms with Gasteiger partial charge in [-0.2, -0.15) is 26.3 Å². The van der Waals surface area contributed by atoms with Crippen molar-refractivity contribution >= 4 is 28.7 Å². The number of halogens is 6. The predicted octanol–water partition coefficient (Wildman–Crippen LogP) is 8.60. The second-order valence-electron chi connectivity index (χ2n) is 9.31. The van der Waals surface area contributed by atoms with E-state index in [2.05, 4.69) is 6.58 Å². The van der Waals surface area contributed by atoms with Crippen molar-refractivity contribution in [2.75, 3.05) is 12.4 Å². The lowest BCUT2D eigenvalue weighted by atomic mass is 9.95. The Morgan fingerprint density at radius 2 is 1.80 bits per heavy atom. The molecule has 11 heteroatoms. The van der Waals surface area contributed by atoms with E-state index < -0.39 is 48.5 Å². The van der Waals surface area contributed by atoms with Crippen molar-refractivity contribution in [2.45, 2.75) is 56.3 Å². The normalized spacial score (nSPS) is 12.9. The number of ether oxygens (including phenoxy) is 1.